The van der Waals surface area contributed by atoms with Crippen molar-refractivity contribution in [2.45, 2.75) is 31.7 Å². The van der Waals surface area contributed by atoms with Crippen LogP contribution < -0.4 is 5.32 Å². The van der Waals surface area contributed by atoms with E-state index in [1.54, 1.807) is 0 Å². The first-order chi connectivity index (χ1) is 8.31. The highest BCUT2D eigenvalue weighted by atomic mass is 16.1. The summed E-state index contributed by atoms with van der Waals surface area (Å²) < 4.78 is 0. The lowest BCUT2D eigenvalue weighted by Crippen LogP contribution is -2.37. The van der Waals surface area contributed by atoms with E-state index in [4.69, 9.17) is 0 Å². The lowest BCUT2D eigenvalue weighted by atomic mass is 9.98. The van der Waals surface area contributed by atoms with Crippen LogP contribution in [0.5, 0.6) is 0 Å². The van der Waals surface area contributed by atoms with Gasteiger partial charge in [0.05, 0.1) is 0 Å². The van der Waals surface area contributed by atoms with Gasteiger partial charge in [0.25, 0.3) is 5.91 Å². The van der Waals surface area contributed by atoms with E-state index < -0.39 is 0 Å². The second-order valence-corrected chi connectivity index (χ2v) is 4.65. The molecule has 2 rings (SSSR count). The van der Waals surface area contributed by atoms with Crippen molar-refractivity contribution in [3.8, 4) is 0 Å². The van der Waals surface area contributed by atoms with E-state index in [1.807, 2.05) is 36.4 Å². The zero-order valence-electron chi connectivity index (χ0n) is 10.1. The lowest BCUT2D eigenvalue weighted by Gasteiger charge is -2.21. The summed E-state index contributed by atoms with van der Waals surface area (Å²) in [6.45, 7) is 3.84. The van der Waals surface area contributed by atoms with E-state index in [0.717, 1.165) is 5.56 Å². The topological polar surface area (TPSA) is 29.1 Å². The molecule has 1 saturated carbocycles. The third-order valence-corrected chi connectivity index (χ3v) is 3.50. The Kier molecular flexibility index (Phi) is 3.97. The molecule has 0 saturated heterocycles. The average Bonchev–Trinajstić information content (AvgIpc) is 2.90. The molecule has 1 atom stereocenters. The Morgan fingerprint density at radius 2 is 1.94 bits per heavy atom. The minimum atomic E-state index is 0.00222. The second kappa shape index (κ2) is 5.67. The molecule has 1 aromatic carbocycles. The van der Waals surface area contributed by atoms with Gasteiger partial charge in [-0.15, -0.1) is 6.58 Å². The van der Waals surface area contributed by atoms with E-state index >= 15 is 0 Å². The van der Waals surface area contributed by atoms with Crippen LogP contribution in [-0.4, -0.2) is 11.9 Å². The molecular formula is C15H19NO. The molecule has 0 bridgehead atoms. The van der Waals surface area contributed by atoms with Crippen LogP contribution in [0.3, 0.4) is 0 Å². The molecule has 0 aliphatic heterocycles. The Labute approximate surface area is 103 Å². The molecule has 1 N–H and O–H groups in total. The van der Waals surface area contributed by atoms with Crippen LogP contribution in [0.4, 0.5) is 0 Å². The summed E-state index contributed by atoms with van der Waals surface area (Å²) in [6, 6.07) is 9.47. The first-order valence-corrected chi connectivity index (χ1v) is 6.29. The summed E-state index contributed by atoms with van der Waals surface area (Å²) in [7, 11) is 0. The number of hydrogen-bond donors (Lipinski definition) is 1. The number of carbonyl (C=O) groups is 1. The zero-order chi connectivity index (χ0) is 12.1. The molecule has 1 aliphatic rings. The molecule has 0 aromatic heterocycles. The predicted octanol–water partition coefficient (Wildman–Crippen LogP) is 3.16. The predicted molar refractivity (Wildman–Crippen MR) is 69.9 cm³/mol. The van der Waals surface area contributed by atoms with Crippen LogP contribution >= 0.6 is 0 Å². The van der Waals surface area contributed by atoms with Gasteiger partial charge < -0.3 is 5.32 Å². The molecule has 0 radical (unpaired) electrons. The summed E-state index contributed by atoms with van der Waals surface area (Å²) in [5, 5.41) is 3.07. The Morgan fingerprint density at radius 3 is 2.53 bits per heavy atom. The summed E-state index contributed by atoms with van der Waals surface area (Å²) in [5.74, 6) is 0.572. The second-order valence-electron chi connectivity index (χ2n) is 4.65. The average molecular weight is 229 g/mol. The van der Waals surface area contributed by atoms with Crippen molar-refractivity contribution in [3.63, 3.8) is 0 Å². The molecular weight excluding hydrogens is 210 g/mol. The Bertz CT molecular complexity index is 379. The maximum Gasteiger partial charge on any atom is 0.251 e. The monoisotopic (exact) mass is 229 g/mol. The fraction of sp³-hybridized carbons (Fsp3) is 0.400. The van der Waals surface area contributed by atoms with Crippen LogP contribution in [0.15, 0.2) is 43.0 Å². The first kappa shape index (κ1) is 11.9. The van der Waals surface area contributed by atoms with Crippen molar-refractivity contribution in [1.29, 1.82) is 0 Å². The molecule has 0 spiro atoms. The van der Waals surface area contributed by atoms with E-state index in [1.165, 1.54) is 25.7 Å². The fourth-order valence-corrected chi connectivity index (χ4v) is 2.51. The van der Waals surface area contributed by atoms with Gasteiger partial charge in [0.2, 0.25) is 0 Å². The van der Waals surface area contributed by atoms with E-state index in [2.05, 4.69) is 11.9 Å². The molecule has 90 valence electrons. The summed E-state index contributed by atoms with van der Waals surface area (Å²) in [4.78, 5) is 12.0. The number of benzene rings is 1. The van der Waals surface area contributed by atoms with Crippen molar-refractivity contribution in [2.75, 3.05) is 0 Å². The molecule has 1 unspecified atom stereocenters. The van der Waals surface area contributed by atoms with Gasteiger partial charge in [-0.2, -0.15) is 0 Å². The van der Waals surface area contributed by atoms with Gasteiger partial charge in [-0.25, -0.2) is 0 Å². The van der Waals surface area contributed by atoms with E-state index in [9.17, 15) is 4.79 Å². The van der Waals surface area contributed by atoms with Crippen molar-refractivity contribution >= 4 is 5.91 Å². The van der Waals surface area contributed by atoms with Gasteiger partial charge in [-0.3, -0.25) is 4.79 Å². The molecule has 1 fully saturated rings. The fourth-order valence-electron chi connectivity index (χ4n) is 2.51. The van der Waals surface area contributed by atoms with Crippen LogP contribution in [-0.2, 0) is 0 Å². The maximum atomic E-state index is 12.0. The van der Waals surface area contributed by atoms with Crippen molar-refractivity contribution in [2.24, 2.45) is 5.92 Å². The molecule has 1 amide bonds. The molecule has 2 heteroatoms. The highest BCUT2D eigenvalue weighted by molar-refractivity contribution is 5.94. The van der Waals surface area contributed by atoms with Gasteiger partial charge in [-0.1, -0.05) is 37.1 Å². The number of amides is 1. The Hall–Kier alpha value is -1.57. The van der Waals surface area contributed by atoms with Crippen LogP contribution in [0.25, 0.3) is 0 Å². The third-order valence-electron chi connectivity index (χ3n) is 3.50. The highest BCUT2D eigenvalue weighted by Gasteiger charge is 2.24. The van der Waals surface area contributed by atoms with Gasteiger partial charge in [0.15, 0.2) is 0 Å². The third kappa shape index (κ3) is 2.96. The van der Waals surface area contributed by atoms with Crippen LogP contribution in [0, 0.1) is 5.92 Å². The number of nitrogens with one attached hydrogen (secondary N) is 1. The molecule has 0 heterocycles. The van der Waals surface area contributed by atoms with Crippen molar-refractivity contribution < 1.29 is 4.79 Å². The van der Waals surface area contributed by atoms with Gasteiger partial charge in [0, 0.05) is 11.6 Å². The standard InChI is InChI=1S/C15H19NO/c1-2-14(12-8-6-7-9-12)16-15(17)13-10-4-3-5-11-13/h2-5,10-12,14H,1,6-9H2,(H,16,17). The molecule has 1 aromatic rings. The summed E-state index contributed by atoms with van der Waals surface area (Å²) in [5.41, 5.74) is 0.720. The lowest BCUT2D eigenvalue weighted by molar-refractivity contribution is 0.0933. The Balaban J connectivity index is 1.99. The van der Waals surface area contributed by atoms with Crippen LogP contribution in [0.2, 0.25) is 0 Å². The van der Waals surface area contributed by atoms with Gasteiger partial charge in [-0.05, 0) is 30.9 Å². The first-order valence-electron chi connectivity index (χ1n) is 6.29. The van der Waals surface area contributed by atoms with Gasteiger partial charge >= 0.3 is 0 Å². The number of rotatable bonds is 4. The van der Waals surface area contributed by atoms with Crippen molar-refractivity contribution in [3.05, 3.63) is 48.6 Å². The molecule has 2 nitrogen and oxygen atoms in total. The minimum absolute atomic E-state index is 0.00222. The van der Waals surface area contributed by atoms with E-state index in [-0.39, 0.29) is 11.9 Å². The highest BCUT2D eigenvalue weighted by Crippen LogP contribution is 2.28. The summed E-state index contributed by atoms with van der Waals surface area (Å²) in [6.07, 6.45) is 6.82. The number of hydrogen-bond acceptors (Lipinski definition) is 1. The normalized spacial score (nSPS) is 17.6. The van der Waals surface area contributed by atoms with Crippen LogP contribution in [0.1, 0.15) is 36.0 Å². The Morgan fingerprint density at radius 1 is 1.29 bits per heavy atom. The van der Waals surface area contributed by atoms with E-state index in [0.29, 0.717) is 5.92 Å². The minimum Gasteiger partial charge on any atom is -0.346 e. The largest absolute Gasteiger partial charge is 0.346 e. The maximum absolute atomic E-state index is 12.0. The zero-order valence-corrected chi connectivity index (χ0v) is 10.1. The molecule has 17 heavy (non-hydrogen) atoms. The van der Waals surface area contributed by atoms with Crippen molar-refractivity contribution in [1.82, 2.24) is 5.32 Å². The quantitative estimate of drug-likeness (QED) is 0.789. The molecule has 1 aliphatic carbocycles. The number of carbonyl (C=O) groups excluding carboxylic acids is 1. The van der Waals surface area contributed by atoms with Gasteiger partial charge in [0.1, 0.15) is 0 Å². The summed E-state index contributed by atoms with van der Waals surface area (Å²) >= 11 is 0. The SMILES string of the molecule is C=CC(NC(=O)c1ccccc1)C1CCCC1. The smallest absolute Gasteiger partial charge is 0.251 e.